The summed E-state index contributed by atoms with van der Waals surface area (Å²) in [4.78, 5) is 0. The van der Waals surface area contributed by atoms with E-state index in [1.54, 1.807) is 0 Å². The van der Waals surface area contributed by atoms with Gasteiger partial charge in [0.2, 0.25) is 0 Å². The molecule has 0 unspecified atom stereocenters. The number of benzene rings is 9. The molecule has 0 bridgehead atoms. The van der Waals surface area contributed by atoms with Gasteiger partial charge in [0.1, 0.15) is 0 Å². The Morgan fingerprint density at radius 3 is 1.05 bits per heavy atom. The van der Waals surface area contributed by atoms with Crippen LogP contribution in [0.2, 0.25) is 0 Å². The molecule has 66 heavy (non-hydrogen) atoms. The quantitative estimate of drug-likeness (QED) is 0.164. The molecule has 4 N–H and O–H groups in total. The highest BCUT2D eigenvalue weighted by Crippen LogP contribution is 2.53. The van der Waals surface area contributed by atoms with Crippen LogP contribution < -0.4 is 11.5 Å². The molecule has 0 aliphatic heterocycles. The topological polar surface area (TPSA) is 66.8 Å². The van der Waals surface area contributed by atoms with Crippen LogP contribution in [0.25, 0.3) is 99.0 Å². The molecule has 0 amide bonds. The van der Waals surface area contributed by atoms with E-state index in [0.29, 0.717) is 11.4 Å². The normalized spacial score (nSPS) is 12.2. The van der Waals surface area contributed by atoms with E-state index < -0.39 is 5.54 Å². The number of fused-ring (bicyclic) bond motifs is 9. The molecule has 0 aliphatic rings. The van der Waals surface area contributed by atoms with Gasteiger partial charge in [-0.05, 0) is 126 Å². The second kappa shape index (κ2) is 14.5. The minimum atomic E-state index is -0.749. The minimum absolute atomic E-state index is 0.702. The van der Waals surface area contributed by atoms with Gasteiger partial charge in [0.05, 0.1) is 39.0 Å². The van der Waals surface area contributed by atoms with Crippen LogP contribution in [0.4, 0.5) is 11.4 Å². The first-order valence-electron chi connectivity index (χ1n) is 22.9. The number of nitrogen functional groups attached to an aromatic ring is 2. The molecule has 3 aromatic heterocycles. The van der Waals surface area contributed by atoms with E-state index in [0.717, 1.165) is 72.3 Å². The van der Waals surface area contributed by atoms with Crippen molar-refractivity contribution in [1.29, 1.82) is 0 Å². The second-order valence-electron chi connectivity index (χ2n) is 18.9. The summed E-state index contributed by atoms with van der Waals surface area (Å²) in [6.45, 7) is 13.5. The van der Waals surface area contributed by atoms with Crippen molar-refractivity contribution in [2.75, 3.05) is 11.5 Å². The molecule has 0 saturated heterocycles. The van der Waals surface area contributed by atoms with Gasteiger partial charge in [0.15, 0.2) is 0 Å². The zero-order chi connectivity index (χ0) is 45.2. The summed E-state index contributed by atoms with van der Waals surface area (Å²) >= 11 is 0. The highest BCUT2D eigenvalue weighted by Gasteiger charge is 2.38. The predicted molar refractivity (Wildman–Crippen MR) is 282 cm³/mol. The van der Waals surface area contributed by atoms with Gasteiger partial charge in [-0.3, -0.25) is 0 Å². The van der Waals surface area contributed by atoms with Crippen LogP contribution in [-0.4, -0.2) is 13.7 Å². The summed E-state index contributed by atoms with van der Waals surface area (Å²) in [5, 5.41) is 7.27. The standard InChI is InChI=1S/C61H51N5/c1-36-23-27-50-44(31-36)45-32-37(2)24-28-51(45)64(50)56-35-57(65-52-29-25-38(3)33-46(52)47-34-39(4)26-30-53(47)65)59(43-18-8-12-20-49(43)63)60(58(56)42-17-7-11-19-48(42)62)61(5,6)66-54-21-13-9-15-40(54)41-16-10-14-22-55(41)66/h7-35H,62-63H2,1-6H3. The van der Waals surface area contributed by atoms with Crippen LogP contribution >= 0.6 is 0 Å². The van der Waals surface area contributed by atoms with E-state index in [-0.39, 0.29) is 0 Å². The van der Waals surface area contributed by atoms with Gasteiger partial charge in [-0.15, -0.1) is 0 Å². The fraction of sp³-hybridized carbons (Fsp3) is 0.115. The van der Waals surface area contributed by atoms with Crippen LogP contribution in [0.5, 0.6) is 0 Å². The largest absolute Gasteiger partial charge is 0.398 e. The van der Waals surface area contributed by atoms with Gasteiger partial charge in [0.25, 0.3) is 0 Å². The maximum Gasteiger partial charge on any atom is 0.0660 e. The lowest BCUT2D eigenvalue weighted by Gasteiger charge is -2.37. The lowest BCUT2D eigenvalue weighted by atomic mass is 9.78. The van der Waals surface area contributed by atoms with Crippen LogP contribution in [0.3, 0.4) is 0 Å². The molecule has 320 valence electrons. The molecular weight excluding hydrogens is 803 g/mol. The summed E-state index contributed by atoms with van der Waals surface area (Å²) < 4.78 is 7.56. The van der Waals surface area contributed by atoms with Crippen molar-refractivity contribution < 1.29 is 0 Å². The number of aromatic nitrogens is 3. The molecule has 12 aromatic rings. The Labute approximate surface area is 384 Å². The predicted octanol–water partition coefficient (Wildman–Crippen LogP) is 15.5. The Morgan fingerprint density at radius 2 is 0.682 bits per heavy atom. The third-order valence-electron chi connectivity index (χ3n) is 14.1. The molecule has 5 nitrogen and oxygen atoms in total. The fourth-order valence-corrected chi connectivity index (χ4v) is 11.3. The Kier molecular flexibility index (Phi) is 8.69. The first-order valence-corrected chi connectivity index (χ1v) is 22.9. The number of anilines is 2. The SMILES string of the molecule is Cc1ccc2c(c1)c1cc(C)ccc1n2-c1cc(-n2c3ccc(C)cc3c3cc(C)ccc32)c(-c2ccccc2N)c(C(C)(C)n2c3ccccc3c3ccccc32)c1-c1ccccc1N. The maximum atomic E-state index is 7.33. The number of aryl methyl sites for hydroxylation is 4. The molecule has 0 aliphatic carbocycles. The van der Waals surface area contributed by atoms with Crippen molar-refractivity contribution in [1.82, 2.24) is 13.7 Å². The summed E-state index contributed by atoms with van der Waals surface area (Å²) in [6, 6.07) is 64.4. The molecular formula is C61H51N5. The van der Waals surface area contributed by atoms with E-state index >= 15 is 0 Å². The third kappa shape index (κ3) is 5.72. The summed E-state index contributed by atoms with van der Waals surface area (Å²) in [6.07, 6.45) is 0. The third-order valence-corrected chi connectivity index (χ3v) is 14.1. The zero-order valence-corrected chi connectivity index (χ0v) is 38.2. The second-order valence-corrected chi connectivity index (χ2v) is 18.9. The number of para-hydroxylation sites is 4. The van der Waals surface area contributed by atoms with Gasteiger partial charge >= 0.3 is 0 Å². The van der Waals surface area contributed by atoms with Crippen molar-refractivity contribution in [2.45, 2.75) is 47.1 Å². The monoisotopic (exact) mass is 853 g/mol. The highest BCUT2D eigenvalue weighted by atomic mass is 15.1. The number of nitrogens with zero attached hydrogens (tertiary/aromatic N) is 3. The highest BCUT2D eigenvalue weighted by molar-refractivity contribution is 6.14. The smallest absolute Gasteiger partial charge is 0.0660 e. The van der Waals surface area contributed by atoms with Crippen molar-refractivity contribution in [3.8, 4) is 33.6 Å². The van der Waals surface area contributed by atoms with E-state index in [4.69, 9.17) is 11.5 Å². The van der Waals surface area contributed by atoms with Crippen LogP contribution in [0, 0.1) is 27.7 Å². The average molecular weight is 854 g/mol. The Bertz CT molecular complexity index is 3620. The molecule has 12 rings (SSSR count). The number of hydrogen-bond donors (Lipinski definition) is 2. The van der Waals surface area contributed by atoms with E-state index in [2.05, 4.69) is 207 Å². The summed E-state index contributed by atoms with van der Waals surface area (Å²) in [5.41, 5.74) is 34.2. The summed E-state index contributed by atoms with van der Waals surface area (Å²) in [5.74, 6) is 0. The Balaban J connectivity index is 1.40. The first kappa shape index (κ1) is 39.6. The summed E-state index contributed by atoms with van der Waals surface area (Å²) in [7, 11) is 0. The molecule has 9 aromatic carbocycles. The number of hydrogen-bond acceptors (Lipinski definition) is 2. The Hall–Kier alpha value is -8.02. The molecule has 0 spiro atoms. The van der Waals surface area contributed by atoms with Crippen LogP contribution in [-0.2, 0) is 5.54 Å². The lowest BCUT2D eigenvalue weighted by Crippen LogP contribution is -2.30. The van der Waals surface area contributed by atoms with Gasteiger partial charge in [-0.25, -0.2) is 0 Å². The van der Waals surface area contributed by atoms with Crippen LogP contribution in [0.1, 0.15) is 41.7 Å². The average Bonchev–Trinajstić information content (AvgIpc) is 3.94. The molecule has 0 fully saturated rings. The number of rotatable bonds is 6. The van der Waals surface area contributed by atoms with Crippen LogP contribution in [0.15, 0.2) is 176 Å². The van der Waals surface area contributed by atoms with Crippen molar-refractivity contribution in [3.05, 3.63) is 204 Å². The number of nitrogens with two attached hydrogens (primary N) is 2. The maximum absolute atomic E-state index is 7.33. The van der Waals surface area contributed by atoms with Gasteiger partial charge in [-0.2, -0.15) is 0 Å². The molecule has 5 heteroatoms. The lowest BCUT2D eigenvalue weighted by molar-refractivity contribution is 0.467. The van der Waals surface area contributed by atoms with Gasteiger partial charge < -0.3 is 25.2 Å². The minimum Gasteiger partial charge on any atom is -0.398 e. The molecule has 0 atom stereocenters. The zero-order valence-electron chi connectivity index (χ0n) is 38.2. The Morgan fingerprint density at radius 1 is 0.348 bits per heavy atom. The first-order chi connectivity index (χ1) is 32.0. The molecule has 0 saturated carbocycles. The van der Waals surface area contributed by atoms with Crippen molar-refractivity contribution >= 4 is 76.8 Å². The van der Waals surface area contributed by atoms with Gasteiger partial charge in [-0.1, -0.05) is 119 Å². The van der Waals surface area contributed by atoms with Crippen molar-refractivity contribution in [3.63, 3.8) is 0 Å². The van der Waals surface area contributed by atoms with Gasteiger partial charge in [0, 0.05) is 77.0 Å². The van der Waals surface area contributed by atoms with E-state index in [9.17, 15) is 0 Å². The van der Waals surface area contributed by atoms with E-state index in [1.807, 2.05) is 24.3 Å². The fourth-order valence-electron chi connectivity index (χ4n) is 11.3. The molecule has 3 heterocycles. The van der Waals surface area contributed by atoms with E-state index in [1.165, 1.54) is 54.6 Å². The van der Waals surface area contributed by atoms with Crippen molar-refractivity contribution in [2.24, 2.45) is 0 Å². The molecule has 0 radical (unpaired) electrons.